The lowest BCUT2D eigenvalue weighted by Crippen LogP contribution is -2.55. The van der Waals surface area contributed by atoms with Gasteiger partial charge in [0.2, 0.25) is 11.7 Å². The highest BCUT2D eigenvalue weighted by atomic mass is 16.5. The topological polar surface area (TPSA) is 89.5 Å². The Morgan fingerprint density at radius 2 is 1.50 bits per heavy atom. The Balaban J connectivity index is 1.95. The van der Waals surface area contributed by atoms with E-state index >= 15 is 0 Å². The minimum absolute atomic E-state index is 0.127. The highest BCUT2D eigenvalue weighted by Gasteiger charge is 2.57. The van der Waals surface area contributed by atoms with E-state index in [0.29, 0.717) is 30.4 Å². The first-order valence-corrected chi connectivity index (χ1v) is 16.1. The lowest BCUT2D eigenvalue weighted by Gasteiger charge is -2.30. The molecule has 3 rings (SSSR count). The predicted octanol–water partition coefficient (Wildman–Crippen LogP) is 8.10. The molecule has 0 saturated heterocycles. The number of hydrogen-bond donors (Lipinski definition) is 1. The van der Waals surface area contributed by atoms with Crippen LogP contribution in [-0.2, 0) is 24.7 Å². The van der Waals surface area contributed by atoms with Crippen molar-refractivity contribution in [2.24, 2.45) is 0 Å². The van der Waals surface area contributed by atoms with Crippen LogP contribution < -0.4 is 10.1 Å². The minimum atomic E-state index is -1.97. The fourth-order valence-electron chi connectivity index (χ4n) is 5.69. The minimum Gasteiger partial charge on any atom is -0.426 e. The summed E-state index contributed by atoms with van der Waals surface area (Å²) in [6.07, 6.45) is 18.8. The molecule has 1 amide bonds. The van der Waals surface area contributed by atoms with Gasteiger partial charge in [-0.2, -0.15) is 0 Å². The number of ketones is 2. The van der Waals surface area contributed by atoms with Crippen LogP contribution in [0.5, 0.6) is 5.75 Å². The van der Waals surface area contributed by atoms with Crippen LogP contribution in [0, 0.1) is 0 Å². The second kappa shape index (κ2) is 16.4. The summed E-state index contributed by atoms with van der Waals surface area (Å²) < 4.78 is 5.94. The quantitative estimate of drug-likeness (QED) is 0.0877. The molecule has 1 aromatic carbocycles. The van der Waals surface area contributed by atoms with Gasteiger partial charge >= 0.3 is 5.97 Å². The van der Waals surface area contributed by atoms with E-state index in [2.05, 4.69) is 19.2 Å². The molecule has 1 N–H and O–H groups in total. The zero-order chi connectivity index (χ0) is 30.5. The van der Waals surface area contributed by atoms with Crippen LogP contribution in [0.1, 0.15) is 135 Å². The van der Waals surface area contributed by atoms with Crippen LogP contribution in [0.2, 0.25) is 0 Å². The second-order valence-corrected chi connectivity index (χ2v) is 11.9. The summed E-state index contributed by atoms with van der Waals surface area (Å²) >= 11 is 0. The molecule has 6 heteroatoms. The van der Waals surface area contributed by atoms with Crippen molar-refractivity contribution in [2.45, 2.75) is 129 Å². The summed E-state index contributed by atoms with van der Waals surface area (Å²) in [6.45, 7) is 8.36. The standard InChI is InChI=1S/C36H49NO5/c1-5-7-9-11-13-18-22-33(39)42-31-25-27(26(3)4)23-24-30(31)36(37-32(38)21-17-12-10-8-6-2)34(40)28-19-15-14-16-20-29(28)35(36)41/h14-16,19,23-26H,5-13,17-18,20-22H2,1-4H3,(H,37,38). The molecule has 2 aliphatic carbocycles. The van der Waals surface area contributed by atoms with Crippen LogP contribution in [0.4, 0.5) is 0 Å². The number of carbonyl (C=O) groups is 4. The van der Waals surface area contributed by atoms with Crippen molar-refractivity contribution >= 4 is 23.4 Å². The molecular formula is C36H49NO5. The lowest BCUT2D eigenvalue weighted by molar-refractivity contribution is -0.138. The maximum absolute atomic E-state index is 14.2. The lowest BCUT2D eigenvalue weighted by atomic mass is 9.81. The van der Waals surface area contributed by atoms with Crippen molar-refractivity contribution in [3.63, 3.8) is 0 Å². The van der Waals surface area contributed by atoms with E-state index in [1.165, 1.54) is 6.42 Å². The predicted molar refractivity (Wildman–Crippen MR) is 167 cm³/mol. The van der Waals surface area contributed by atoms with Gasteiger partial charge < -0.3 is 10.1 Å². The van der Waals surface area contributed by atoms with Crippen LogP contribution in [-0.4, -0.2) is 23.4 Å². The van der Waals surface area contributed by atoms with E-state index in [4.69, 9.17) is 4.74 Å². The van der Waals surface area contributed by atoms with Gasteiger partial charge in [-0.15, -0.1) is 0 Å². The van der Waals surface area contributed by atoms with Crippen LogP contribution in [0.3, 0.4) is 0 Å². The monoisotopic (exact) mass is 575 g/mol. The average molecular weight is 576 g/mol. The maximum Gasteiger partial charge on any atom is 0.311 e. The van der Waals surface area contributed by atoms with Crippen molar-refractivity contribution in [3.8, 4) is 5.75 Å². The van der Waals surface area contributed by atoms with Gasteiger partial charge in [-0.3, -0.25) is 19.2 Å². The molecule has 0 heterocycles. The Labute approximate surface area is 252 Å². The van der Waals surface area contributed by atoms with Crippen molar-refractivity contribution < 1.29 is 23.9 Å². The number of esters is 1. The molecule has 1 aromatic rings. The maximum atomic E-state index is 14.2. The fraction of sp³-hybridized carbons (Fsp3) is 0.556. The number of ether oxygens (including phenoxy) is 1. The number of hydrogen-bond acceptors (Lipinski definition) is 5. The molecule has 6 nitrogen and oxygen atoms in total. The van der Waals surface area contributed by atoms with Gasteiger partial charge in [0.25, 0.3) is 0 Å². The van der Waals surface area contributed by atoms with Gasteiger partial charge in [0.1, 0.15) is 5.75 Å². The molecule has 1 unspecified atom stereocenters. The average Bonchev–Trinajstić information content (AvgIpc) is 3.13. The number of Topliss-reactive ketones (excluding diaryl/α,β-unsaturated/α-hetero) is 2. The molecular weight excluding hydrogens is 526 g/mol. The molecule has 228 valence electrons. The summed E-state index contributed by atoms with van der Waals surface area (Å²) in [5.41, 5.74) is -0.167. The van der Waals surface area contributed by atoms with Gasteiger partial charge in [-0.05, 0) is 36.8 Å². The largest absolute Gasteiger partial charge is 0.426 e. The third-order valence-electron chi connectivity index (χ3n) is 8.23. The number of nitrogens with one attached hydrogen (secondary N) is 1. The van der Waals surface area contributed by atoms with Gasteiger partial charge in [0.05, 0.1) is 0 Å². The fourth-order valence-corrected chi connectivity index (χ4v) is 5.69. The van der Waals surface area contributed by atoms with E-state index < -0.39 is 23.1 Å². The van der Waals surface area contributed by atoms with Gasteiger partial charge in [0, 0.05) is 29.6 Å². The van der Waals surface area contributed by atoms with Gasteiger partial charge in [-0.25, -0.2) is 0 Å². The van der Waals surface area contributed by atoms with Crippen molar-refractivity contribution in [1.82, 2.24) is 5.32 Å². The molecule has 0 radical (unpaired) electrons. The number of carbonyl (C=O) groups excluding carboxylic acids is 4. The van der Waals surface area contributed by atoms with Crippen molar-refractivity contribution in [2.75, 3.05) is 0 Å². The van der Waals surface area contributed by atoms with E-state index in [-0.39, 0.29) is 36.0 Å². The molecule has 0 spiro atoms. The molecule has 0 bridgehead atoms. The molecule has 0 aromatic heterocycles. The van der Waals surface area contributed by atoms with E-state index in [0.717, 1.165) is 56.9 Å². The first kappa shape index (κ1) is 33.2. The van der Waals surface area contributed by atoms with Crippen molar-refractivity contribution in [1.29, 1.82) is 0 Å². The normalized spacial score (nSPS) is 18.0. The Hall–Kier alpha value is -3.28. The van der Waals surface area contributed by atoms with Gasteiger partial charge in [0.15, 0.2) is 11.3 Å². The smallest absolute Gasteiger partial charge is 0.311 e. The Morgan fingerprint density at radius 3 is 2.17 bits per heavy atom. The van der Waals surface area contributed by atoms with Crippen LogP contribution >= 0.6 is 0 Å². The molecule has 1 atom stereocenters. The summed E-state index contributed by atoms with van der Waals surface area (Å²) in [7, 11) is 0. The number of rotatable bonds is 17. The molecule has 0 saturated carbocycles. The first-order chi connectivity index (χ1) is 20.3. The Kier molecular flexibility index (Phi) is 13.0. The SMILES string of the molecule is CCCCCCCCC(=O)Oc1cc(C(C)C)ccc1C1(NC(=O)CCCCCCC)C(=O)C2=C(CC=CC=C2)C1=O. The van der Waals surface area contributed by atoms with E-state index in [1.54, 1.807) is 24.3 Å². The molecule has 42 heavy (non-hydrogen) atoms. The number of benzene rings is 1. The number of unbranched alkanes of at least 4 members (excludes halogenated alkanes) is 9. The number of allylic oxidation sites excluding steroid dienone is 4. The summed E-state index contributed by atoms with van der Waals surface area (Å²) in [5, 5.41) is 2.88. The van der Waals surface area contributed by atoms with Gasteiger partial charge in [-0.1, -0.05) is 122 Å². The van der Waals surface area contributed by atoms with Crippen LogP contribution in [0.25, 0.3) is 0 Å². The van der Waals surface area contributed by atoms with E-state index in [9.17, 15) is 19.2 Å². The van der Waals surface area contributed by atoms with Crippen LogP contribution in [0.15, 0.2) is 53.6 Å². The Bertz CT molecular complexity index is 1220. The summed E-state index contributed by atoms with van der Waals surface area (Å²) in [6, 6.07) is 5.28. The highest BCUT2D eigenvalue weighted by molar-refractivity contribution is 6.33. The summed E-state index contributed by atoms with van der Waals surface area (Å²) in [4.78, 5) is 54.9. The highest BCUT2D eigenvalue weighted by Crippen LogP contribution is 2.44. The zero-order valence-electron chi connectivity index (χ0n) is 26.1. The molecule has 2 aliphatic rings. The second-order valence-electron chi connectivity index (χ2n) is 11.9. The first-order valence-electron chi connectivity index (χ1n) is 16.1. The van der Waals surface area contributed by atoms with E-state index in [1.807, 2.05) is 32.1 Å². The third kappa shape index (κ3) is 8.17. The Morgan fingerprint density at radius 1 is 0.857 bits per heavy atom. The number of amides is 1. The third-order valence-corrected chi connectivity index (χ3v) is 8.23. The molecule has 0 fully saturated rings. The molecule has 0 aliphatic heterocycles. The zero-order valence-corrected chi connectivity index (χ0v) is 26.1. The van der Waals surface area contributed by atoms with Crippen molar-refractivity contribution in [3.05, 3.63) is 64.8 Å². The summed E-state index contributed by atoms with van der Waals surface area (Å²) in [5.74, 6) is -1.40.